The fraction of sp³-hybridized carbons (Fsp3) is 0.609. The average molecular weight is 389 g/mol. The highest BCUT2D eigenvalue weighted by Crippen LogP contribution is 2.19. The minimum Gasteiger partial charge on any atom is -0.480 e. The molecular formula is C23H36N2O3. The second-order valence-electron chi connectivity index (χ2n) is 7.78. The van der Waals surface area contributed by atoms with Crippen molar-refractivity contribution in [2.45, 2.75) is 83.3 Å². The molecule has 0 aliphatic carbocycles. The molecule has 4 N–H and O–H groups in total. The number of fused-ring (bicyclic) bond motifs is 1. The molecule has 0 aliphatic heterocycles. The summed E-state index contributed by atoms with van der Waals surface area (Å²) in [6.07, 6.45) is 12.4. The standard InChI is InChI=1S/C23H36N2O3/c1-2-3-4-5-6-7-8-9-12-19(26)17-25-22(23(27)28)15-18-16-24-21-14-11-10-13-20(18)21/h10-11,13-14,16,19,22,24-26H,2-9,12,15,17H2,1H3,(H,27,28)/t19?,22-/m0/s1. The van der Waals surface area contributed by atoms with E-state index in [1.165, 1.54) is 38.5 Å². The van der Waals surface area contributed by atoms with Crippen LogP contribution in [0.2, 0.25) is 0 Å². The number of para-hydroxylation sites is 1. The Bertz CT molecular complexity index is 698. The molecule has 1 heterocycles. The molecule has 1 aromatic carbocycles. The second-order valence-corrected chi connectivity index (χ2v) is 7.78. The number of rotatable bonds is 15. The lowest BCUT2D eigenvalue weighted by atomic mass is 10.0. The number of carbonyl (C=O) groups is 1. The van der Waals surface area contributed by atoms with Gasteiger partial charge in [-0.1, -0.05) is 76.5 Å². The molecule has 5 heteroatoms. The highest BCUT2D eigenvalue weighted by molar-refractivity contribution is 5.84. The van der Waals surface area contributed by atoms with Crippen molar-refractivity contribution in [1.82, 2.24) is 10.3 Å². The first-order valence-corrected chi connectivity index (χ1v) is 10.8. The van der Waals surface area contributed by atoms with Crippen LogP contribution in [0.3, 0.4) is 0 Å². The molecule has 28 heavy (non-hydrogen) atoms. The molecule has 0 aliphatic rings. The van der Waals surface area contributed by atoms with E-state index in [4.69, 9.17) is 0 Å². The van der Waals surface area contributed by atoms with Crippen molar-refractivity contribution >= 4 is 16.9 Å². The Labute approximate surface area is 168 Å². The Morgan fingerprint density at radius 1 is 1.07 bits per heavy atom. The molecule has 5 nitrogen and oxygen atoms in total. The largest absolute Gasteiger partial charge is 0.480 e. The van der Waals surface area contributed by atoms with Crippen molar-refractivity contribution in [3.8, 4) is 0 Å². The summed E-state index contributed by atoms with van der Waals surface area (Å²) in [7, 11) is 0. The molecule has 0 bridgehead atoms. The van der Waals surface area contributed by atoms with Crippen LogP contribution in [-0.2, 0) is 11.2 Å². The van der Waals surface area contributed by atoms with Crippen LogP contribution < -0.4 is 5.32 Å². The van der Waals surface area contributed by atoms with Gasteiger partial charge in [0.1, 0.15) is 6.04 Å². The molecule has 0 amide bonds. The van der Waals surface area contributed by atoms with Gasteiger partial charge in [-0.2, -0.15) is 0 Å². The van der Waals surface area contributed by atoms with Crippen LogP contribution in [0.15, 0.2) is 30.5 Å². The fourth-order valence-electron chi connectivity index (χ4n) is 3.66. The maximum atomic E-state index is 11.6. The van der Waals surface area contributed by atoms with E-state index in [1.807, 2.05) is 30.5 Å². The molecule has 2 rings (SSSR count). The summed E-state index contributed by atoms with van der Waals surface area (Å²) in [6.45, 7) is 2.54. The second kappa shape index (κ2) is 12.6. The molecule has 0 spiro atoms. The quantitative estimate of drug-likeness (QED) is 0.335. The maximum Gasteiger partial charge on any atom is 0.321 e. The molecule has 0 radical (unpaired) electrons. The minimum absolute atomic E-state index is 0.315. The number of H-pyrrole nitrogens is 1. The molecule has 1 unspecified atom stereocenters. The lowest BCUT2D eigenvalue weighted by Crippen LogP contribution is -2.42. The summed E-state index contributed by atoms with van der Waals surface area (Å²) in [4.78, 5) is 14.8. The molecular weight excluding hydrogens is 352 g/mol. The number of hydrogen-bond donors (Lipinski definition) is 4. The van der Waals surface area contributed by atoms with Crippen LogP contribution >= 0.6 is 0 Å². The lowest BCUT2D eigenvalue weighted by Gasteiger charge is -2.17. The van der Waals surface area contributed by atoms with Crippen molar-refractivity contribution in [2.24, 2.45) is 0 Å². The van der Waals surface area contributed by atoms with Crippen LogP contribution in [0.1, 0.15) is 70.3 Å². The number of aromatic nitrogens is 1. The van der Waals surface area contributed by atoms with E-state index in [2.05, 4.69) is 17.2 Å². The Kier molecular flexibility index (Phi) is 10.1. The van der Waals surface area contributed by atoms with E-state index in [0.717, 1.165) is 35.7 Å². The third-order valence-corrected chi connectivity index (χ3v) is 5.39. The molecule has 2 aromatic rings. The third-order valence-electron chi connectivity index (χ3n) is 5.39. The zero-order valence-corrected chi connectivity index (χ0v) is 17.1. The minimum atomic E-state index is -0.885. The number of benzene rings is 1. The normalized spacial score (nSPS) is 13.6. The topological polar surface area (TPSA) is 85.4 Å². The number of unbranched alkanes of at least 4 members (excludes halogenated alkanes) is 7. The Balaban J connectivity index is 1.67. The number of carboxylic acids is 1. The summed E-state index contributed by atoms with van der Waals surface area (Å²) in [6, 6.07) is 7.19. The zero-order valence-electron chi connectivity index (χ0n) is 17.1. The highest BCUT2D eigenvalue weighted by atomic mass is 16.4. The monoisotopic (exact) mass is 388 g/mol. The lowest BCUT2D eigenvalue weighted by molar-refractivity contribution is -0.139. The number of aromatic amines is 1. The van der Waals surface area contributed by atoms with Gasteiger partial charge in [-0.05, 0) is 18.1 Å². The van der Waals surface area contributed by atoms with E-state index in [1.54, 1.807) is 0 Å². The smallest absolute Gasteiger partial charge is 0.321 e. The summed E-state index contributed by atoms with van der Waals surface area (Å²) in [5.41, 5.74) is 1.99. The van der Waals surface area contributed by atoms with Crippen molar-refractivity contribution in [1.29, 1.82) is 0 Å². The van der Waals surface area contributed by atoms with E-state index < -0.39 is 18.1 Å². The van der Waals surface area contributed by atoms with Gasteiger partial charge >= 0.3 is 5.97 Å². The molecule has 2 atom stereocenters. The predicted molar refractivity (Wildman–Crippen MR) is 115 cm³/mol. The van der Waals surface area contributed by atoms with E-state index in [9.17, 15) is 15.0 Å². The molecule has 156 valence electrons. The van der Waals surface area contributed by atoms with Gasteiger partial charge in [0.2, 0.25) is 0 Å². The Hall–Kier alpha value is -1.85. The Morgan fingerprint density at radius 3 is 2.46 bits per heavy atom. The number of aliphatic carboxylic acids is 1. The SMILES string of the molecule is CCCCCCCCCCC(O)CN[C@@H](Cc1c[nH]c2ccccc12)C(=O)O. The third kappa shape index (κ3) is 7.64. The van der Waals surface area contributed by atoms with Gasteiger partial charge in [-0.15, -0.1) is 0 Å². The first kappa shape index (κ1) is 22.4. The van der Waals surface area contributed by atoms with Crippen LogP contribution in [0, 0.1) is 0 Å². The van der Waals surface area contributed by atoms with Gasteiger partial charge in [-0.25, -0.2) is 0 Å². The number of nitrogens with one attached hydrogen (secondary N) is 2. The Morgan fingerprint density at radius 2 is 1.75 bits per heavy atom. The van der Waals surface area contributed by atoms with Gasteiger partial charge < -0.3 is 20.5 Å². The van der Waals surface area contributed by atoms with Crippen molar-refractivity contribution in [2.75, 3.05) is 6.54 Å². The van der Waals surface area contributed by atoms with E-state index in [0.29, 0.717) is 13.0 Å². The first-order chi connectivity index (χ1) is 13.6. The van der Waals surface area contributed by atoms with Crippen molar-refractivity contribution in [3.05, 3.63) is 36.0 Å². The number of carboxylic acid groups (broad SMARTS) is 1. The summed E-state index contributed by atoms with van der Waals surface area (Å²) < 4.78 is 0. The highest BCUT2D eigenvalue weighted by Gasteiger charge is 2.20. The molecule has 0 saturated carbocycles. The van der Waals surface area contributed by atoms with E-state index >= 15 is 0 Å². The number of aliphatic hydroxyl groups excluding tert-OH is 1. The summed E-state index contributed by atoms with van der Waals surface area (Å²) in [5.74, 6) is -0.885. The average Bonchev–Trinajstić information content (AvgIpc) is 3.10. The van der Waals surface area contributed by atoms with Gasteiger partial charge in [0.05, 0.1) is 6.10 Å². The van der Waals surface area contributed by atoms with Crippen LogP contribution in [0.25, 0.3) is 10.9 Å². The van der Waals surface area contributed by atoms with Crippen LogP contribution in [0.5, 0.6) is 0 Å². The van der Waals surface area contributed by atoms with Crippen molar-refractivity contribution in [3.63, 3.8) is 0 Å². The van der Waals surface area contributed by atoms with Crippen molar-refractivity contribution < 1.29 is 15.0 Å². The molecule has 0 fully saturated rings. The first-order valence-electron chi connectivity index (χ1n) is 10.8. The summed E-state index contributed by atoms with van der Waals surface area (Å²) in [5, 5.41) is 23.8. The molecule has 1 aromatic heterocycles. The maximum absolute atomic E-state index is 11.6. The van der Waals surface area contributed by atoms with Gasteiger partial charge in [0.15, 0.2) is 0 Å². The fourth-order valence-corrected chi connectivity index (χ4v) is 3.66. The van der Waals surface area contributed by atoms with Crippen LogP contribution in [-0.4, -0.2) is 39.9 Å². The number of aliphatic hydroxyl groups is 1. The zero-order chi connectivity index (χ0) is 20.2. The molecule has 0 saturated heterocycles. The van der Waals surface area contributed by atoms with E-state index in [-0.39, 0.29) is 0 Å². The van der Waals surface area contributed by atoms with Gasteiger partial charge in [0, 0.05) is 30.1 Å². The number of hydrogen-bond acceptors (Lipinski definition) is 3. The predicted octanol–water partition coefficient (Wildman–Crippen LogP) is 4.64. The van der Waals surface area contributed by atoms with Gasteiger partial charge in [-0.3, -0.25) is 4.79 Å². The summed E-state index contributed by atoms with van der Waals surface area (Å²) >= 11 is 0. The van der Waals surface area contributed by atoms with Gasteiger partial charge in [0.25, 0.3) is 0 Å². The van der Waals surface area contributed by atoms with Crippen LogP contribution in [0.4, 0.5) is 0 Å².